The quantitative estimate of drug-likeness (QED) is 0.522. The Kier molecular flexibility index (Phi) is 6.17. The predicted octanol–water partition coefficient (Wildman–Crippen LogP) is 2.86. The number of hydrogen-bond donors (Lipinski definition) is 2. The summed E-state index contributed by atoms with van der Waals surface area (Å²) >= 11 is 2.27. The average molecular weight is 447 g/mol. The number of carbonyl (C=O) groups is 2. The third-order valence-electron chi connectivity index (χ3n) is 3.91. The zero-order valence-corrected chi connectivity index (χ0v) is 16.9. The van der Waals surface area contributed by atoms with E-state index in [1.54, 1.807) is 24.4 Å². The normalized spacial score (nSPS) is 17.1. The summed E-state index contributed by atoms with van der Waals surface area (Å²) in [6.45, 7) is 1.78. The number of thiophene rings is 1. The van der Waals surface area contributed by atoms with E-state index in [0.717, 1.165) is 21.2 Å². The maximum atomic E-state index is 12.9. The number of halogens is 3. The van der Waals surface area contributed by atoms with E-state index < -0.39 is 30.0 Å². The van der Waals surface area contributed by atoms with Gasteiger partial charge in [-0.25, -0.2) is 9.59 Å². The number of amides is 2. The number of urea groups is 1. The van der Waals surface area contributed by atoms with Crippen molar-refractivity contribution in [3.63, 3.8) is 0 Å². The SMILES string of the molecule is CCOC(=O)C1=C(CSc2nnc(C(F)(F)F)n2C)NC(=O)NC1c1cccs1. The molecule has 0 spiro atoms. The molecule has 1 atom stereocenters. The second kappa shape index (κ2) is 8.45. The lowest BCUT2D eigenvalue weighted by atomic mass is 10.0. The van der Waals surface area contributed by atoms with Crippen LogP contribution in [0.5, 0.6) is 0 Å². The largest absolute Gasteiger partial charge is 0.463 e. The summed E-state index contributed by atoms with van der Waals surface area (Å²) in [6, 6.07) is 2.30. The third-order valence-corrected chi connectivity index (χ3v) is 5.89. The van der Waals surface area contributed by atoms with Crippen LogP contribution in [0.25, 0.3) is 0 Å². The van der Waals surface area contributed by atoms with Crippen molar-refractivity contribution in [2.75, 3.05) is 12.4 Å². The third kappa shape index (κ3) is 4.56. The van der Waals surface area contributed by atoms with Gasteiger partial charge in [-0.1, -0.05) is 17.8 Å². The molecule has 0 fully saturated rings. The van der Waals surface area contributed by atoms with Crippen LogP contribution < -0.4 is 10.6 Å². The first-order valence-electron chi connectivity index (χ1n) is 8.32. The van der Waals surface area contributed by atoms with Crippen LogP contribution in [0.15, 0.2) is 33.9 Å². The smallest absolute Gasteiger partial charge is 0.451 e. The van der Waals surface area contributed by atoms with Gasteiger partial charge < -0.3 is 19.9 Å². The number of aromatic nitrogens is 3. The van der Waals surface area contributed by atoms with Crippen LogP contribution in [0.1, 0.15) is 23.7 Å². The molecule has 29 heavy (non-hydrogen) atoms. The highest BCUT2D eigenvalue weighted by molar-refractivity contribution is 7.99. The van der Waals surface area contributed by atoms with Crippen molar-refractivity contribution in [1.82, 2.24) is 25.4 Å². The van der Waals surface area contributed by atoms with Gasteiger partial charge in [-0.15, -0.1) is 21.5 Å². The van der Waals surface area contributed by atoms with E-state index in [1.165, 1.54) is 18.4 Å². The Morgan fingerprint density at radius 1 is 1.41 bits per heavy atom. The maximum Gasteiger partial charge on any atom is 0.451 e. The molecular weight excluding hydrogens is 431 g/mol. The molecule has 1 aliphatic rings. The number of esters is 1. The molecule has 0 aromatic carbocycles. The fraction of sp³-hybridized carbons (Fsp3) is 0.375. The minimum absolute atomic E-state index is 0.00603. The lowest BCUT2D eigenvalue weighted by Gasteiger charge is -2.28. The molecule has 2 N–H and O–H groups in total. The number of thioether (sulfide) groups is 1. The Labute approximate surface area is 171 Å². The van der Waals surface area contributed by atoms with Gasteiger partial charge in [-0.3, -0.25) is 0 Å². The second-order valence-corrected chi connectivity index (χ2v) is 7.73. The lowest BCUT2D eigenvalue weighted by Crippen LogP contribution is -2.46. The standard InChI is InChI=1S/C16H16F3N5O3S2/c1-3-27-12(25)10-8(20-14(26)21-11(10)9-5-4-6-28-9)7-29-15-23-22-13(24(15)2)16(17,18)19/h4-6,11H,3,7H2,1-2H3,(H2,20,21,26). The number of ether oxygens (including phenoxy) is 1. The second-order valence-electron chi connectivity index (χ2n) is 5.81. The number of rotatable bonds is 6. The predicted molar refractivity (Wildman–Crippen MR) is 99.1 cm³/mol. The molecule has 0 saturated heterocycles. The molecule has 0 saturated carbocycles. The Morgan fingerprint density at radius 3 is 2.76 bits per heavy atom. The fourth-order valence-electron chi connectivity index (χ4n) is 2.67. The molecule has 156 valence electrons. The Bertz CT molecular complexity index is 940. The van der Waals surface area contributed by atoms with Crippen LogP contribution >= 0.6 is 23.1 Å². The van der Waals surface area contributed by atoms with Crippen molar-refractivity contribution in [3.8, 4) is 0 Å². The highest BCUT2D eigenvalue weighted by atomic mass is 32.2. The van der Waals surface area contributed by atoms with Crippen molar-refractivity contribution in [1.29, 1.82) is 0 Å². The molecule has 0 radical (unpaired) electrons. The van der Waals surface area contributed by atoms with E-state index in [-0.39, 0.29) is 28.8 Å². The molecule has 3 rings (SSSR count). The van der Waals surface area contributed by atoms with Crippen molar-refractivity contribution in [2.45, 2.75) is 24.3 Å². The highest BCUT2D eigenvalue weighted by Gasteiger charge is 2.38. The van der Waals surface area contributed by atoms with Gasteiger partial charge in [0.1, 0.15) is 0 Å². The van der Waals surface area contributed by atoms with Gasteiger partial charge >= 0.3 is 18.2 Å². The fourth-order valence-corrected chi connectivity index (χ4v) is 4.34. The summed E-state index contributed by atoms with van der Waals surface area (Å²) in [5, 5.41) is 13.8. The molecule has 0 aliphatic carbocycles. The molecule has 8 nitrogen and oxygen atoms in total. The van der Waals surface area contributed by atoms with Gasteiger partial charge in [0, 0.05) is 23.4 Å². The van der Waals surface area contributed by atoms with Gasteiger partial charge in [0.15, 0.2) is 5.16 Å². The Balaban J connectivity index is 1.92. The van der Waals surface area contributed by atoms with Gasteiger partial charge in [0.2, 0.25) is 5.82 Å². The molecule has 1 unspecified atom stereocenters. The molecule has 3 heterocycles. The van der Waals surface area contributed by atoms with Gasteiger partial charge in [-0.2, -0.15) is 13.2 Å². The van der Waals surface area contributed by atoms with E-state index >= 15 is 0 Å². The molecular formula is C16H16F3N5O3S2. The highest BCUT2D eigenvalue weighted by Crippen LogP contribution is 2.33. The molecule has 2 amide bonds. The number of nitrogens with one attached hydrogen (secondary N) is 2. The minimum Gasteiger partial charge on any atom is -0.463 e. The summed E-state index contributed by atoms with van der Waals surface area (Å²) in [6.07, 6.45) is -4.64. The lowest BCUT2D eigenvalue weighted by molar-refractivity contribution is -0.147. The topological polar surface area (TPSA) is 98.1 Å². The number of alkyl halides is 3. The van der Waals surface area contributed by atoms with Crippen LogP contribution in [0.2, 0.25) is 0 Å². The van der Waals surface area contributed by atoms with Gasteiger partial charge in [0.25, 0.3) is 0 Å². The zero-order chi connectivity index (χ0) is 21.2. The summed E-state index contributed by atoms with van der Waals surface area (Å²) in [5.74, 6) is -1.76. The molecule has 2 aromatic heterocycles. The van der Waals surface area contributed by atoms with Crippen molar-refractivity contribution >= 4 is 35.1 Å². The summed E-state index contributed by atoms with van der Waals surface area (Å²) in [5.41, 5.74) is 0.437. The molecule has 0 bridgehead atoms. The van der Waals surface area contributed by atoms with Gasteiger partial charge in [-0.05, 0) is 18.4 Å². The number of carbonyl (C=O) groups excluding carboxylic acids is 2. The number of nitrogens with zero attached hydrogens (tertiary/aromatic N) is 3. The van der Waals surface area contributed by atoms with Gasteiger partial charge in [0.05, 0.1) is 18.2 Å². The maximum absolute atomic E-state index is 12.9. The molecule has 13 heteroatoms. The minimum atomic E-state index is -4.64. The average Bonchev–Trinajstić information content (AvgIpc) is 3.29. The van der Waals surface area contributed by atoms with Crippen LogP contribution in [0.3, 0.4) is 0 Å². The van der Waals surface area contributed by atoms with Crippen molar-refractivity contribution in [2.24, 2.45) is 7.05 Å². The van der Waals surface area contributed by atoms with Crippen LogP contribution in [0, 0.1) is 0 Å². The monoisotopic (exact) mass is 447 g/mol. The number of hydrogen-bond acceptors (Lipinski definition) is 7. The van der Waals surface area contributed by atoms with Crippen molar-refractivity contribution < 1.29 is 27.5 Å². The first-order chi connectivity index (χ1) is 13.7. The van der Waals surface area contributed by atoms with Crippen LogP contribution in [-0.4, -0.2) is 39.1 Å². The van der Waals surface area contributed by atoms with Crippen LogP contribution in [-0.2, 0) is 22.8 Å². The zero-order valence-electron chi connectivity index (χ0n) is 15.2. The van der Waals surface area contributed by atoms with E-state index in [1.807, 2.05) is 0 Å². The Hall–Kier alpha value is -2.54. The summed E-state index contributed by atoms with van der Waals surface area (Å²) < 4.78 is 44.6. The molecule has 1 aliphatic heterocycles. The molecule has 2 aromatic rings. The summed E-state index contributed by atoms with van der Waals surface area (Å²) in [4.78, 5) is 25.4. The van der Waals surface area contributed by atoms with Crippen molar-refractivity contribution in [3.05, 3.63) is 39.5 Å². The van der Waals surface area contributed by atoms with E-state index in [9.17, 15) is 22.8 Å². The first-order valence-corrected chi connectivity index (χ1v) is 10.2. The van der Waals surface area contributed by atoms with E-state index in [2.05, 4.69) is 20.8 Å². The van der Waals surface area contributed by atoms with E-state index in [0.29, 0.717) is 0 Å². The van der Waals surface area contributed by atoms with Crippen LogP contribution in [0.4, 0.5) is 18.0 Å². The van der Waals surface area contributed by atoms with E-state index in [4.69, 9.17) is 4.74 Å². The summed E-state index contributed by atoms with van der Waals surface area (Å²) in [7, 11) is 1.20. The first kappa shape index (κ1) is 21.2. The Morgan fingerprint density at radius 2 is 2.17 bits per heavy atom.